The van der Waals surface area contributed by atoms with E-state index in [1.807, 2.05) is 39.8 Å². The molecular weight excluding hydrogens is 188 g/mol. The lowest BCUT2D eigenvalue weighted by molar-refractivity contribution is -0.139. The summed E-state index contributed by atoms with van der Waals surface area (Å²) in [7, 11) is 0. The van der Waals surface area contributed by atoms with E-state index in [-0.39, 0.29) is 5.92 Å². The topological polar surface area (TPSA) is 37.3 Å². The Morgan fingerprint density at radius 2 is 1.60 bits per heavy atom. The number of carbonyl (C=O) groups is 1. The van der Waals surface area contributed by atoms with E-state index in [4.69, 9.17) is 0 Å². The van der Waals surface area contributed by atoms with E-state index in [9.17, 15) is 9.90 Å². The Kier molecular flexibility index (Phi) is 3.51. The average molecular weight is 206 g/mol. The van der Waals surface area contributed by atoms with Gasteiger partial charge in [0.2, 0.25) is 0 Å². The molecule has 0 aliphatic rings. The van der Waals surface area contributed by atoms with E-state index in [0.717, 1.165) is 16.7 Å². The zero-order valence-corrected chi connectivity index (χ0v) is 9.74. The van der Waals surface area contributed by atoms with Gasteiger partial charge in [-0.25, -0.2) is 0 Å². The molecule has 15 heavy (non-hydrogen) atoms. The fourth-order valence-electron chi connectivity index (χ4n) is 2.00. The quantitative estimate of drug-likeness (QED) is 0.825. The molecule has 1 rings (SSSR count). The van der Waals surface area contributed by atoms with Crippen molar-refractivity contribution in [2.75, 3.05) is 0 Å². The zero-order valence-electron chi connectivity index (χ0n) is 9.74. The monoisotopic (exact) mass is 206 g/mol. The van der Waals surface area contributed by atoms with Gasteiger partial charge in [-0.05, 0) is 25.3 Å². The summed E-state index contributed by atoms with van der Waals surface area (Å²) in [6, 6.07) is 5.99. The minimum Gasteiger partial charge on any atom is -0.481 e. The summed E-state index contributed by atoms with van der Waals surface area (Å²) in [5.74, 6) is -1.03. The molecule has 2 nitrogen and oxygen atoms in total. The Labute approximate surface area is 90.9 Å². The molecule has 1 N–H and O–H groups in total. The van der Waals surface area contributed by atoms with Crippen LogP contribution in [0, 0.1) is 19.8 Å². The van der Waals surface area contributed by atoms with Gasteiger partial charge in [-0.3, -0.25) is 4.79 Å². The Hall–Kier alpha value is -1.31. The Bertz CT molecular complexity index is 347. The summed E-state index contributed by atoms with van der Waals surface area (Å²) in [5.41, 5.74) is 3.16. The Balaban J connectivity index is 3.17. The molecule has 0 aliphatic heterocycles. The molecule has 1 aromatic rings. The van der Waals surface area contributed by atoms with E-state index in [1.165, 1.54) is 0 Å². The molecule has 0 bridgehead atoms. The number of hydrogen-bond donors (Lipinski definition) is 1. The molecular formula is C13H18O2. The van der Waals surface area contributed by atoms with Crippen molar-refractivity contribution in [3.05, 3.63) is 34.9 Å². The lowest BCUT2D eigenvalue weighted by atomic mass is 9.87. The minimum atomic E-state index is -0.741. The van der Waals surface area contributed by atoms with Crippen LogP contribution in [-0.2, 0) is 4.79 Å². The van der Waals surface area contributed by atoms with Crippen LogP contribution in [0.3, 0.4) is 0 Å². The van der Waals surface area contributed by atoms with Gasteiger partial charge in [0.25, 0.3) is 0 Å². The van der Waals surface area contributed by atoms with Crippen molar-refractivity contribution < 1.29 is 9.90 Å². The number of aryl methyl sites for hydroxylation is 2. The first kappa shape index (κ1) is 11.8. The molecule has 1 unspecified atom stereocenters. The van der Waals surface area contributed by atoms with Crippen molar-refractivity contribution in [1.29, 1.82) is 0 Å². The van der Waals surface area contributed by atoms with Crippen LogP contribution < -0.4 is 0 Å². The van der Waals surface area contributed by atoms with E-state index in [0.29, 0.717) is 0 Å². The van der Waals surface area contributed by atoms with Crippen LogP contribution in [0.2, 0.25) is 0 Å². The number of benzene rings is 1. The maximum absolute atomic E-state index is 11.2. The molecule has 0 amide bonds. The maximum atomic E-state index is 11.2. The van der Waals surface area contributed by atoms with Crippen molar-refractivity contribution in [2.45, 2.75) is 33.6 Å². The zero-order chi connectivity index (χ0) is 11.6. The second kappa shape index (κ2) is 4.47. The van der Waals surface area contributed by atoms with Gasteiger partial charge in [0.05, 0.1) is 5.92 Å². The number of rotatable bonds is 3. The molecule has 0 heterocycles. The molecule has 82 valence electrons. The summed E-state index contributed by atoms with van der Waals surface area (Å²) in [4.78, 5) is 11.2. The largest absolute Gasteiger partial charge is 0.481 e. The average Bonchev–Trinajstić information content (AvgIpc) is 1.99. The summed E-state index contributed by atoms with van der Waals surface area (Å²) < 4.78 is 0. The van der Waals surface area contributed by atoms with Crippen LogP contribution in [0.5, 0.6) is 0 Å². The van der Waals surface area contributed by atoms with E-state index < -0.39 is 11.9 Å². The number of carboxylic acid groups (broad SMARTS) is 1. The molecule has 0 aromatic heterocycles. The third-order valence-electron chi connectivity index (χ3n) is 2.54. The molecule has 0 radical (unpaired) electrons. The summed E-state index contributed by atoms with van der Waals surface area (Å²) >= 11 is 0. The molecule has 1 aromatic carbocycles. The predicted molar refractivity (Wildman–Crippen MR) is 61.1 cm³/mol. The van der Waals surface area contributed by atoms with Crippen molar-refractivity contribution in [1.82, 2.24) is 0 Å². The van der Waals surface area contributed by atoms with E-state index >= 15 is 0 Å². The van der Waals surface area contributed by atoms with Gasteiger partial charge >= 0.3 is 5.97 Å². The number of hydrogen-bond acceptors (Lipinski definition) is 1. The highest BCUT2D eigenvalue weighted by Crippen LogP contribution is 2.26. The molecule has 2 heteroatoms. The first-order valence-electron chi connectivity index (χ1n) is 5.23. The molecule has 0 saturated heterocycles. The van der Waals surface area contributed by atoms with Crippen LogP contribution in [0.4, 0.5) is 0 Å². The molecule has 0 fully saturated rings. The van der Waals surface area contributed by atoms with Crippen LogP contribution >= 0.6 is 0 Å². The van der Waals surface area contributed by atoms with Crippen LogP contribution in [-0.4, -0.2) is 11.1 Å². The lowest BCUT2D eigenvalue weighted by Crippen LogP contribution is -2.17. The number of aliphatic carboxylic acids is 1. The maximum Gasteiger partial charge on any atom is 0.311 e. The Morgan fingerprint density at radius 1 is 1.13 bits per heavy atom. The van der Waals surface area contributed by atoms with Crippen molar-refractivity contribution in [2.24, 2.45) is 5.92 Å². The normalized spacial score (nSPS) is 12.9. The fourth-order valence-corrected chi connectivity index (χ4v) is 2.00. The summed E-state index contributed by atoms with van der Waals surface area (Å²) in [5, 5.41) is 9.18. The van der Waals surface area contributed by atoms with E-state index in [2.05, 4.69) is 6.07 Å². The standard InChI is InChI=1S/C13H18O2/c1-8(2)12(13(14)15)11-6-9(3)5-10(4)7-11/h5-8,12H,1-4H3,(H,14,15). The van der Waals surface area contributed by atoms with Crippen molar-refractivity contribution >= 4 is 5.97 Å². The van der Waals surface area contributed by atoms with Gasteiger partial charge in [0.1, 0.15) is 0 Å². The highest BCUT2D eigenvalue weighted by molar-refractivity contribution is 5.76. The molecule has 0 aliphatic carbocycles. The highest BCUT2D eigenvalue weighted by atomic mass is 16.4. The Morgan fingerprint density at radius 3 is 1.93 bits per heavy atom. The van der Waals surface area contributed by atoms with Crippen LogP contribution in [0.15, 0.2) is 18.2 Å². The van der Waals surface area contributed by atoms with E-state index in [1.54, 1.807) is 0 Å². The summed E-state index contributed by atoms with van der Waals surface area (Å²) in [6.45, 7) is 7.87. The fraction of sp³-hybridized carbons (Fsp3) is 0.462. The van der Waals surface area contributed by atoms with Gasteiger partial charge in [0, 0.05) is 0 Å². The van der Waals surface area contributed by atoms with Crippen molar-refractivity contribution in [3.63, 3.8) is 0 Å². The highest BCUT2D eigenvalue weighted by Gasteiger charge is 2.23. The molecule has 1 atom stereocenters. The minimum absolute atomic E-state index is 0.115. The van der Waals surface area contributed by atoms with Crippen LogP contribution in [0.1, 0.15) is 36.5 Å². The lowest BCUT2D eigenvalue weighted by Gasteiger charge is -2.17. The number of carboxylic acids is 1. The van der Waals surface area contributed by atoms with Gasteiger partial charge < -0.3 is 5.11 Å². The first-order valence-corrected chi connectivity index (χ1v) is 5.23. The van der Waals surface area contributed by atoms with Gasteiger partial charge in [-0.2, -0.15) is 0 Å². The molecule has 0 spiro atoms. The third-order valence-corrected chi connectivity index (χ3v) is 2.54. The van der Waals surface area contributed by atoms with Crippen molar-refractivity contribution in [3.8, 4) is 0 Å². The smallest absolute Gasteiger partial charge is 0.311 e. The van der Waals surface area contributed by atoms with Crippen LogP contribution in [0.25, 0.3) is 0 Å². The first-order chi connectivity index (χ1) is 6.91. The SMILES string of the molecule is Cc1cc(C)cc(C(C(=O)O)C(C)C)c1. The third kappa shape index (κ3) is 2.82. The second-order valence-corrected chi connectivity index (χ2v) is 4.48. The predicted octanol–water partition coefficient (Wildman–Crippen LogP) is 3.13. The van der Waals surface area contributed by atoms with Gasteiger partial charge in [0.15, 0.2) is 0 Å². The van der Waals surface area contributed by atoms with Gasteiger partial charge in [-0.15, -0.1) is 0 Å². The second-order valence-electron chi connectivity index (χ2n) is 4.48. The summed E-state index contributed by atoms with van der Waals surface area (Å²) in [6.07, 6.45) is 0. The van der Waals surface area contributed by atoms with Gasteiger partial charge in [-0.1, -0.05) is 43.2 Å². The molecule has 0 saturated carbocycles.